The van der Waals surface area contributed by atoms with Crippen LogP contribution in [0.15, 0.2) is 12.3 Å². The molecule has 0 radical (unpaired) electrons. The van der Waals surface area contributed by atoms with Crippen molar-refractivity contribution >= 4 is 0 Å². The van der Waals surface area contributed by atoms with Crippen LogP contribution in [0, 0.1) is 5.41 Å². The van der Waals surface area contributed by atoms with Crippen molar-refractivity contribution in [1.29, 1.82) is 0 Å². The Kier molecular flexibility index (Phi) is 3.54. The van der Waals surface area contributed by atoms with E-state index in [0.29, 0.717) is 5.70 Å². The third-order valence-electron chi connectivity index (χ3n) is 2.41. The predicted molar refractivity (Wildman–Crippen MR) is 56.4 cm³/mol. The largest absolute Gasteiger partial charge is 0.383 e. The molecule has 0 aliphatic rings. The first-order chi connectivity index (χ1) is 5.55. The average molecular weight is 187 g/mol. The molecular weight excluding hydrogens is 165 g/mol. The number of rotatable bonds is 3. The van der Waals surface area contributed by atoms with Crippen LogP contribution in [0.4, 0.5) is 4.39 Å². The van der Waals surface area contributed by atoms with Crippen molar-refractivity contribution in [3.8, 4) is 0 Å². The minimum absolute atomic E-state index is 0.119. The quantitative estimate of drug-likeness (QED) is 0.715. The Morgan fingerprint density at radius 1 is 1.23 bits per heavy atom. The summed E-state index contributed by atoms with van der Waals surface area (Å²) in [7, 11) is 0. The molecule has 1 atom stereocenters. The molecule has 0 aromatic carbocycles. The summed E-state index contributed by atoms with van der Waals surface area (Å²) in [6, 6.07) is 0.218. The standard InChI is InChI=1S/C11H22FN/c1-8(10(3,4)5)13-9(2)11(6,7)12/h8,13H,2H2,1,3-7H3. The minimum Gasteiger partial charge on any atom is -0.383 e. The predicted octanol–water partition coefficient (Wildman–Crippen LogP) is 3.27. The van der Waals surface area contributed by atoms with Crippen LogP contribution in [0.5, 0.6) is 0 Å². The molecule has 0 amide bonds. The van der Waals surface area contributed by atoms with Crippen molar-refractivity contribution in [3.05, 3.63) is 12.3 Å². The van der Waals surface area contributed by atoms with Gasteiger partial charge in [-0.2, -0.15) is 0 Å². The number of alkyl halides is 1. The summed E-state index contributed by atoms with van der Waals surface area (Å²) in [5, 5.41) is 3.09. The maximum Gasteiger partial charge on any atom is 0.144 e. The SMILES string of the molecule is C=C(NC(C)C(C)(C)C)C(C)(C)F. The second-order valence-electron chi connectivity index (χ2n) is 5.18. The molecule has 0 saturated carbocycles. The zero-order valence-corrected chi connectivity index (χ0v) is 9.66. The fourth-order valence-corrected chi connectivity index (χ4v) is 0.649. The van der Waals surface area contributed by atoms with Gasteiger partial charge in [-0.3, -0.25) is 0 Å². The monoisotopic (exact) mass is 187 g/mol. The molecule has 78 valence electrons. The number of hydrogen-bond donors (Lipinski definition) is 1. The molecule has 0 spiro atoms. The summed E-state index contributed by atoms with van der Waals surface area (Å²) in [4.78, 5) is 0. The Labute approximate surface area is 81.4 Å². The van der Waals surface area contributed by atoms with E-state index in [0.717, 1.165) is 0 Å². The highest BCUT2D eigenvalue weighted by Crippen LogP contribution is 2.23. The van der Waals surface area contributed by atoms with Crippen LogP contribution in [0.2, 0.25) is 0 Å². The smallest absolute Gasteiger partial charge is 0.144 e. The number of halogens is 1. The maximum atomic E-state index is 13.4. The van der Waals surface area contributed by atoms with Crippen molar-refractivity contribution in [2.75, 3.05) is 0 Å². The molecule has 2 heteroatoms. The molecule has 0 bridgehead atoms. The van der Waals surface area contributed by atoms with Crippen LogP contribution in [0.3, 0.4) is 0 Å². The molecule has 1 N–H and O–H groups in total. The number of nitrogens with one attached hydrogen (secondary N) is 1. The summed E-state index contributed by atoms with van der Waals surface area (Å²) in [6.07, 6.45) is 0. The molecule has 0 rings (SSSR count). The molecule has 0 aromatic heterocycles. The summed E-state index contributed by atoms with van der Waals surface area (Å²) in [5.41, 5.74) is -0.775. The zero-order chi connectivity index (χ0) is 10.9. The number of allylic oxidation sites excluding steroid dienone is 1. The lowest BCUT2D eigenvalue weighted by Crippen LogP contribution is -2.41. The van der Waals surface area contributed by atoms with Gasteiger partial charge in [-0.15, -0.1) is 0 Å². The second-order valence-corrected chi connectivity index (χ2v) is 5.18. The van der Waals surface area contributed by atoms with Gasteiger partial charge in [0, 0.05) is 11.7 Å². The Hall–Kier alpha value is -0.530. The Morgan fingerprint density at radius 3 is 1.85 bits per heavy atom. The highest BCUT2D eigenvalue weighted by atomic mass is 19.1. The summed E-state index contributed by atoms with van der Waals surface area (Å²) < 4.78 is 13.4. The third-order valence-corrected chi connectivity index (χ3v) is 2.41. The molecule has 1 nitrogen and oxygen atoms in total. The lowest BCUT2D eigenvalue weighted by atomic mass is 9.87. The van der Waals surface area contributed by atoms with Gasteiger partial charge < -0.3 is 5.32 Å². The summed E-state index contributed by atoms with van der Waals surface area (Å²) in [5.74, 6) is 0. The highest BCUT2D eigenvalue weighted by Gasteiger charge is 2.26. The summed E-state index contributed by atoms with van der Waals surface area (Å²) >= 11 is 0. The molecule has 1 unspecified atom stereocenters. The van der Waals surface area contributed by atoms with Crippen LogP contribution < -0.4 is 5.32 Å². The minimum atomic E-state index is -1.35. The molecule has 0 heterocycles. The van der Waals surface area contributed by atoms with E-state index in [9.17, 15) is 4.39 Å². The zero-order valence-electron chi connectivity index (χ0n) is 9.66. The number of hydrogen-bond acceptors (Lipinski definition) is 1. The van der Waals surface area contributed by atoms with E-state index in [2.05, 4.69) is 32.7 Å². The fraction of sp³-hybridized carbons (Fsp3) is 0.818. The molecule has 0 aromatic rings. The molecule has 0 aliphatic carbocycles. The molecule has 13 heavy (non-hydrogen) atoms. The fourth-order valence-electron chi connectivity index (χ4n) is 0.649. The summed E-state index contributed by atoms with van der Waals surface area (Å²) in [6.45, 7) is 15.1. The van der Waals surface area contributed by atoms with Gasteiger partial charge in [0.2, 0.25) is 0 Å². The first-order valence-corrected chi connectivity index (χ1v) is 4.70. The Morgan fingerprint density at radius 2 is 1.62 bits per heavy atom. The van der Waals surface area contributed by atoms with E-state index in [4.69, 9.17) is 0 Å². The van der Waals surface area contributed by atoms with E-state index in [1.165, 1.54) is 13.8 Å². The van der Waals surface area contributed by atoms with Crippen LogP contribution in [0.1, 0.15) is 41.5 Å². The van der Waals surface area contributed by atoms with Gasteiger partial charge in [0.05, 0.1) is 0 Å². The normalized spacial score (nSPS) is 15.3. The first kappa shape index (κ1) is 12.5. The third kappa shape index (κ3) is 4.30. The van der Waals surface area contributed by atoms with E-state index in [-0.39, 0.29) is 11.5 Å². The Balaban J connectivity index is 4.24. The van der Waals surface area contributed by atoms with Crippen LogP contribution in [-0.2, 0) is 0 Å². The van der Waals surface area contributed by atoms with E-state index in [1.54, 1.807) is 0 Å². The molecule has 0 aliphatic heterocycles. The topological polar surface area (TPSA) is 12.0 Å². The van der Waals surface area contributed by atoms with E-state index >= 15 is 0 Å². The van der Waals surface area contributed by atoms with Gasteiger partial charge in [0.15, 0.2) is 0 Å². The van der Waals surface area contributed by atoms with E-state index in [1.807, 2.05) is 6.92 Å². The van der Waals surface area contributed by atoms with Crippen molar-refractivity contribution < 1.29 is 4.39 Å². The lowest BCUT2D eigenvalue weighted by molar-refractivity contribution is 0.226. The van der Waals surface area contributed by atoms with Gasteiger partial charge >= 0.3 is 0 Å². The molecule has 0 fully saturated rings. The average Bonchev–Trinajstić information content (AvgIpc) is 1.82. The van der Waals surface area contributed by atoms with Crippen molar-refractivity contribution in [2.24, 2.45) is 5.41 Å². The molecular formula is C11H22FN. The second kappa shape index (κ2) is 3.69. The van der Waals surface area contributed by atoms with Gasteiger partial charge in [-0.05, 0) is 26.2 Å². The Bertz CT molecular complexity index is 183. The van der Waals surface area contributed by atoms with Crippen molar-refractivity contribution in [1.82, 2.24) is 5.32 Å². The van der Waals surface area contributed by atoms with Crippen molar-refractivity contribution in [3.63, 3.8) is 0 Å². The van der Waals surface area contributed by atoms with Gasteiger partial charge in [0.1, 0.15) is 5.67 Å². The van der Waals surface area contributed by atoms with Gasteiger partial charge in [-0.1, -0.05) is 27.4 Å². The highest BCUT2D eigenvalue weighted by molar-refractivity contribution is 5.08. The maximum absolute atomic E-state index is 13.4. The lowest BCUT2D eigenvalue weighted by Gasteiger charge is -2.32. The van der Waals surface area contributed by atoms with Crippen LogP contribution in [0.25, 0.3) is 0 Å². The van der Waals surface area contributed by atoms with Crippen LogP contribution in [-0.4, -0.2) is 11.7 Å². The van der Waals surface area contributed by atoms with Crippen LogP contribution >= 0.6 is 0 Å². The molecule has 0 saturated heterocycles. The van der Waals surface area contributed by atoms with E-state index < -0.39 is 5.67 Å². The first-order valence-electron chi connectivity index (χ1n) is 4.70. The van der Waals surface area contributed by atoms with Gasteiger partial charge in [-0.25, -0.2) is 4.39 Å². The van der Waals surface area contributed by atoms with Gasteiger partial charge in [0.25, 0.3) is 0 Å². The van der Waals surface area contributed by atoms with Crippen molar-refractivity contribution in [2.45, 2.75) is 53.3 Å².